The molecule has 1 aromatic heterocycles. The van der Waals surface area contributed by atoms with E-state index in [2.05, 4.69) is 23.0 Å². The number of imidazole rings is 1. The van der Waals surface area contributed by atoms with E-state index < -0.39 is 9.84 Å². The fraction of sp³-hybridized carbons (Fsp3) is 0.229. The molecule has 0 amide bonds. The molecule has 0 N–H and O–H groups in total. The highest BCUT2D eigenvalue weighted by Gasteiger charge is 2.27. The molecule has 0 unspecified atom stereocenters. The second-order valence-electron chi connectivity index (χ2n) is 10.4. The number of ether oxygens (including phenoxy) is 3. The van der Waals surface area contributed by atoms with E-state index in [9.17, 15) is 8.42 Å². The Morgan fingerprint density at radius 1 is 0.795 bits per heavy atom. The minimum atomic E-state index is -3.90. The number of methoxy groups -OCH3 is 2. The van der Waals surface area contributed by atoms with Crippen LogP contribution in [0.25, 0.3) is 16.9 Å². The summed E-state index contributed by atoms with van der Waals surface area (Å²) in [5.74, 6) is 2.08. The van der Waals surface area contributed by atoms with Gasteiger partial charge in [0.15, 0.2) is 16.5 Å². The normalized spacial score (nSPS) is 11.5. The molecule has 44 heavy (non-hydrogen) atoms. The zero-order chi connectivity index (χ0) is 30.9. The van der Waals surface area contributed by atoms with E-state index in [0.717, 1.165) is 48.7 Å². The predicted molar refractivity (Wildman–Crippen MR) is 172 cm³/mol. The molecule has 228 valence electrons. The first-order chi connectivity index (χ1) is 21.4. The molecule has 4 aromatic carbocycles. The third-order valence-electron chi connectivity index (χ3n) is 7.39. The van der Waals surface area contributed by atoms with Crippen molar-refractivity contribution in [1.82, 2.24) is 14.5 Å². The van der Waals surface area contributed by atoms with E-state index in [4.69, 9.17) is 14.2 Å². The summed E-state index contributed by atoms with van der Waals surface area (Å²) in [5, 5.41) is 0.0114. The van der Waals surface area contributed by atoms with Crippen molar-refractivity contribution in [3.63, 3.8) is 0 Å². The quantitative estimate of drug-likeness (QED) is 0.136. The lowest BCUT2D eigenvalue weighted by molar-refractivity contribution is 0.264. The molecule has 0 atom stereocenters. The summed E-state index contributed by atoms with van der Waals surface area (Å²) in [6.07, 6.45) is 3.29. The van der Waals surface area contributed by atoms with E-state index in [-0.39, 0.29) is 9.92 Å². The average Bonchev–Trinajstić information content (AvgIpc) is 3.53. The maximum atomic E-state index is 13.8. The molecule has 0 saturated heterocycles. The van der Waals surface area contributed by atoms with Gasteiger partial charge in [0.2, 0.25) is 9.84 Å². The summed E-state index contributed by atoms with van der Waals surface area (Å²) in [7, 11) is 1.46. The van der Waals surface area contributed by atoms with Gasteiger partial charge in [-0.05, 0) is 74.0 Å². The van der Waals surface area contributed by atoms with Crippen LogP contribution in [0, 0.1) is 0 Å². The van der Waals surface area contributed by atoms with E-state index in [1.165, 1.54) is 5.56 Å². The molecule has 0 radical (unpaired) electrons. The maximum Gasteiger partial charge on any atom is 0.226 e. The summed E-state index contributed by atoms with van der Waals surface area (Å²) in [6, 6.07) is 31.6. The molecule has 0 aliphatic heterocycles. The van der Waals surface area contributed by atoms with Crippen LogP contribution in [-0.4, -0.2) is 63.8 Å². The second-order valence-corrected chi connectivity index (χ2v) is 12.3. The number of para-hydroxylation sites is 1. The summed E-state index contributed by atoms with van der Waals surface area (Å²) in [4.78, 5) is 6.82. The van der Waals surface area contributed by atoms with Crippen molar-refractivity contribution < 1.29 is 22.6 Å². The van der Waals surface area contributed by atoms with Gasteiger partial charge in [0.05, 0.1) is 31.4 Å². The van der Waals surface area contributed by atoms with Crippen molar-refractivity contribution in [3.8, 4) is 34.2 Å². The van der Waals surface area contributed by atoms with Crippen LogP contribution in [0.1, 0.15) is 12.0 Å². The largest absolute Gasteiger partial charge is 0.494 e. The molecule has 0 fully saturated rings. The number of likely N-dealkylation sites (N-methyl/N-ethyl adjacent to an activating group) is 1. The molecule has 0 saturated carbocycles. The molecule has 9 heteroatoms. The Bertz CT molecular complexity index is 1760. The molecule has 1 heterocycles. The Morgan fingerprint density at radius 2 is 1.48 bits per heavy atom. The van der Waals surface area contributed by atoms with Crippen LogP contribution >= 0.6 is 0 Å². The fourth-order valence-corrected chi connectivity index (χ4v) is 6.37. The molecule has 0 bridgehead atoms. The average molecular weight is 612 g/mol. The summed E-state index contributed by atoms with van der Waals surface area (Å²) < 4.78 is 46.1. The molecule has 0 aliphatic carbocycles. The fourth-order valence-electron chi connectivity index (χ4n) is 4.99. The van der Waals surface area contributed by atoms with Crippen LogP contribution in [0.2, 0.25) is 0 Å². The minimum Gasteiger partial charge on any atom is -0.494 e. The van der Waals surface area contributed by atoms with Gasteiger partial charge >= 0.3 is 0 Å². The predicted octanol–water partition coefficient (Wildman–Crippen LogP) is 6.33. The van der Waals surface area contributed by atoms with Gasteiger partial charge in [-0.15, -0.1) is 0 Å². The van der Waals surface area contributed by atoms with E-state index in [1.54, 1.807) is 44.8 Å². The first-order valence-electron chi connectivity index (χ1n) is 14.5. The van der Waals surface area contributed by atoms with Gasteiger partial charge in [0.25, 0.3) is 0 Å². The molecule has 5 rings (SSSR count). The highest BCUT2D eigenvalue weighted by Crippen LogP contribution is 2.33. The van der Waals surface area contributed by atoms with Crippen molar-refractivity contribution in [1.29, 1.82) is 0 Å². The number of aromatic nitrogens is 2. The summed E-state index contributed by atoms with van der Waals surface area (Å²) in [6.45, 7) is 2.28. The van der Waals surface area contributed by atoms with Gasteiger partial charge in [-0.2, -0.15) is 0 Å². The number of hydrogen-bond acceptors (Lipinski definition) is 7. The highest BCUT2D eigenvalue weighted by molar-refractivity contribution is 7.91. The highest BCUT2D eigenvalue weighted by atomic mass is 32.2. The van der Waals surface area contributed by atoms with Gasteiger partial charge in [-0.1, -0.05) is 54.6 Å². The van der Waals surface area contributed by atoms with E-state index >= 15 is 0 Å². The van der Waals surface area contributed by atoms with Crippen LogP contribution in [0.4, 0.5) is 0 Å². The van der Waals surface area contributed by atoms with Gasteiger partial charge in [-0.25, -0.2) is 13.4 Å². The van der Waals surface area contributed by atoms with Crippen molar-refractivity contribution >= 4 is 9.84 Å². The van der Waals surface area contributed by atoms with Crippen molar-refractivity contribution in [2.45, 2.75) is 22.8 Å². The lowest BCUT2D eigenvalue weighted by atomic mass is 10.1. The Morgan fingerprint density at radius 3 is 2.16 bits per heavy atom. The van der Waals surface area contributed by atoms with Gasteiger partial charge in [0, 0.05) is 24.3 Å². The standard InChI is InChI=1S/C35H37N3O5S/c1-37(23-21-27-15-20-32(41-2)33(25-27)42-3)22-10-24-43-30-16-18-31(19-17-30)44(39,40)35-34(28-11-6-4-7-12-28)38(26-36-35)29-13-8-5-9-14-29/h4-9,11-20,25-26H,10,21-24H2,1-3H3. The molecule has 5 aromatic rings. The number of sulfone groups is 1. The Hall–Kier alpha value is -4.60. The summed E-state index contributed by atoms with van der Waals surface area (Å²) in [5.41, 5.74) is 3.30. The maximum absolute atomic E-state index is 13.8. The lowest BCUT2D eigenvalue weighted by Crippen LogP contribution is -2.23. The monoisotopic (exact) mass is 611 g/mol. The lowest BCUT2D eigenvalue weighted by Gasteiger charge is -2.17. The van der Waals surface area contributed by atoms with Gasteiger partial charge in [-0.3, -0.25) is 4.57 Å². The van der Waals surface area contributed by atoms with Crippen molar-refractivity contribution in [2.75, 3.05) is 41.0 Å². The van der Waals surface area contributed by atoms with E-state index in [1.807, 2.05) is 77.4 Å². The summed E-state index contributed by atoms with van der Waals surface area (Å²) >= 11 is 0. The molecular weight excluding hydrogens is 574 g/mol. The number of benzene rings is 4. The molecule has 0 aliphatic rings. The number of nitrogens with zero attached hydrogens (tertiary/aromatic N) is 3. The van der Waals surface area contributed by atoms with Gasteiger partial charge < -0.3 is 19.1 Å². The Labute approximate surface area is 259 Å². The molecule has 0 spiro atoms. The van der Waals surface area contributed by atoms with E-state index in [0.29, 0.717) is 18.1 Å². The first-order valence-corrected chi connectivity index (χ1v) is 15.9. The topological polar surface area (TPSA) is 82.9 Å². The minimum absolute atomic E-state index is 0.0114. The smallest absolute Gasteiger partial charge is 0.226 e. The SMILES string of the molecule is COc1ccc(CCN(C)CCCOc2ccc(S(=O)(=O)c3ncn(-c4ccccc4)c3-c3ccccc3)cc2)cc1OC. The van der Waals surface area contributed by atoms with Crippen molar-refractivity contribution in [2.24, 2.45) is 0 Å². The first kappa shape index (κ1) is 30.8. The second kappa shape index (κ2) is 14.2. The van der Waals surface area contributed by atoms with Crippen LogP contribution in [0.5, 0.6) is 17.2 Å². The zero-order valence-electron chi connectivity index (χ0n) is 25.2. The zero-order valence-corrected chi connectivity index (χ0v) is 26.0. The van der Waals surface area contributed by atoms with Crippen LogP contribution in [0.15, 0.2) is 119 Å². The Balaban J connectivity index is 1.19. The van der Waals surface area contributed by atoms with Crippen LogP contribution in [-0.2, 0) is 16.3 Å². The third kappa shape index (κ3) is 7.12. The van der Waals surface area contributed by atoms with Gasteiger partial charge in [0.1, 0.15) is 12.1 Å². The van der Waals surface area contributed by atoms with Crippen molar-refractivity contribution in [3.05, 3.63) is 115 Å². The number of hydrogen-bond donors (Lipinski definition) is 0. The molecular formula is C35H37N3O5S. The van der Waals surface area contributed by atoms with Crippen LogP contribution < -0.4 is 14.2 Å². The van der Waals surface area contributed by atoms with Crippen LogP contribution in [0.3, 0.4) is 0 Å². The molecule has 8 nitrogen and oxygen atoms in total. The number of rotatable bonds is 14. The third-order valence-corrected chi connectivity index (χ3v) is 9.09. The Kier molecular flexibility index (Phi) is 9.99.